The number of imidazole rings is 1. The Balaban J connectivity index is 2.28. The first-order valence-electron chi connectivity index (χ1n) is 6.21. The Hall–Kier alpha value is -2.90. The van der Waals surface area contributed by atoms with Crippen molar-refractivity contribution in [3.8, 4) is 0 Å². The Morgan fingerprint density at radius 1 is 1.48 bits per heavy atom. The van der Waals surface area contributed by atoms with Crippen LogP contribution in [0.3, 0.4) is 0 Å². The third kappa shape index (κ3) is 3.35. The second kappa shape index (κ2) is 6.04. The van der Waals surface area contributed by atoms with E-state index in [2.05, 4.69) is 15.3 Å². The molecule has 21 heavy (non-hydrogen) atoms. The molecule has 0 saturated heterocycles. The molecule has 2 aromatic rings. The molecule has 1 amide bonds. The molecule has 0 radical (unpaired) electrons. The van der Waals surface area contributed by atoms with Gasteiger partial charge >= 0.3 is 0 Å². The van der Waals surface area contributed by atoms with Crippen molar-refractivity contribution in [2.24, 2.45) is 0 Å². The molecule has 1 heterocycles. The van der Waals surface area contributed by atoms with Gasteiger partial charge in [0.15, 0.2) is 0 Å². The van der Waals surface area contributed by atoms with Crippen molar-refractivity contribution in [2.45, 2.75) is 6.54 Å². The van der Waals surface area contributed by atoms with Crippen molar-refractivity contribution < 1.29 is 9.72 Å². The van der Waals surface area contributed by atoms with Gasteiger partial charge in [-0.25, -0.2) is 4.98 Å². The van der Waals surface area contributed by atoms with E-state index in [4.69, 9.17) is 0 Å². The molecule has 0 spiro atoms. The number of hydrogen-bond donors (Lipinski definition) is 2. The van der Waals surface area contributed by atoms with Crippen LogP contribution in [0, 0.1) is 10.1 Å². The maximum atomic E-state index is 11.9. The van der Waals surface area contributed by atoms with E-state index in [1.54, 1.807) is 26.5 Å². The van der Waals surface area contributed by atoms with E-state index < -0.39 is 4.92 Å². The van der Waals surface area contributed by atoms with E-state index in [1.165, 1.54) is 23.1 Å². The lowest BCUT2D eigenvalue weighted by Crippen LogP contribution is -2.21. The number of H-pyrrole nitrogens is 1. The SMILES string of the molecule is CN(C)C(=O)c1ccc([N+](=O)[O-])c(NCc2ncc[nH]2)c1. The van der Waals surface area contributed by atoms with Gasteiger partial charge in [0.1, 0.15) is 11.5 Å². The quantitative estimate of drug-likeness (QED) is 0.643. The van der Waals surface area contributed by atoms with Crippen LogP contribution in [0.1, 0.15) is 16.2 Å². The lowest BCUT2D eigenvalue weighted by molar-refractivity contribution is -0.384. The smallest absolute Gasteiger partial charge is 0.292 e. The summed E-state index contributed by atoms with van der Waals surface area (Å²) in [5, 5.41) is 14.0. The minimum Gasteiger partial charge on any atom is -0.372 e. The van der Waals surface area contributed by atoms with Crippen LogP contribution in [0.2, 0.25) is 0 Å². The van der Waals surface area contributed by atoms with Gasteiger partial charge in [-0.05, 0) is 12.1 Å². The molecule has 2 rings (SSSR count). The molecule has 110 valence electrons. The van der Waals surface area contributed by atoms with Crippen LogP contribution in [0.15, 0.2) is 30.6 Å². The van der Waals surface area contributed by atoms with Gasteiger partial charge in [0.05, 0.1) is 11.5 Å². The number of carbonyl (C=O) groups is 1. The van der Waals surface area contributed by atoms with Gasteiger partial charge < -0.3 is 15.2 Å². The maximum Gasteiger partial charge on any atom is 0.292 e. The molecule has 0 aliphatic carbocycles. The van der Waals surface area contributed by atoms with Gasteiger partial charge in [-0.15, -0.1) is 0 Å². The van der Waals surface area contributed by atoms with E-state index in [9.17, 15) is 14.9 Å². The highest BCUT2D eigenvalue weighted by molar-refractivity contribution is 5.95. The average Bonchev–Trinajstić information content (AvgIpc) is 2.97. The van der Waals surface area contributed by atoms with Crippen molar-refractivity contribution in [1.82, 2.24) is 14.9 Å². The standard InChI is InChI=1S/C13H15N5O3/c1-17(2)13(19)9-3-4-11(18(20)21)10(7-9)16-8-12-14-5-6-15-12/h3-7,16H,8H2,1-2H3,(H,14,15). The van der Waals surface area contributed by atoms with Crippen LogP contribution in [0.5, 0.6) is 0 Å². The molecule has 0 fully saturated rings. The van der Waals surface area contributed by atoms with Gasteiger partial charge in [-0.3, -0.25) is 14.9 Å². The molecule has 1 aromatic carbocycles. The van der Waals surface area contributed by atoms with Crippen LogP contribution >= 0.6 is 0 Å². The fraction of sp³-hybridized carbons (Fsp3) is 0.231. The molecule has 8 nitrogen and oxygen atoms in total. The number of nitro benzene ring substituents is 1. The summed E-state index contributed by atoms with van der Waals surface area (Å²) in [6.07, 6.45) is 3.26. The van der Waals surface area contributed by atoms with E-state index in [-0.39, 0.29) is 17.3 Å². The number of hydrogen-bond acceptors (Lipinski definition) is 5. The first-order chi connectivity index (χ1) is 9.99. The molecular weight excluding hydrogens is 274 g/mol. The topological polar surface area (TPSA) is 104 Å². The predicted molar refractivity (Wildman–Crippen MR) is 77.0 cm³/mol. The number of aromatic nitrogens is 2. The molecule has 0 atom stereocenters. The average molecular weight is 289 g/mol. The Morgan fingerprint density at radius 3 is 2.81 bits per heavy atom. The van der Waals surface area contributed by atoms with Crippen molar-refractivity contribution in [3.05, 3.63) is 52.1 Å². The van der Waals surface area contributed by atoms with Crippen molar-refractivity contribution in [2.75, 3.05) is 19.4 Å². The second-order valence-corrected chi connectivity index (χ2v) is 4.58. The lowest BCUT2D eigenvalue weighted by Gasteiger charge is -2.12. The number of nitrogens with one attached hydrogen (secondary N) is 2. The zero-order valence-electron chi connectivity index (χ0n) is 11.7. The van der Waals surface area contributed by atoms with E-state index >= 15 is 0 Å². The number of nitrogens with zero attached hydrogens (tertiary/aromatic N) is 3. The number of anilines is 1. The summed E-state index contributed by atoms with van der Waals surface area (Å²) >= 11 is 0. The summed E-state index contributed by atoms with van der Waals surface area (Å²) in [5.74, 6) is 0.430. The molecule has 0 bridgehead atoms. The highest BCUT2D eigenvalue weighted by Crippen LogP contribution is 2.26. The lowest BCUT2D eigenvalue weighted by atomic mass is 10.1. The number of rotatable bonds is 5. The normalized spacial score (nSPS) is 10.2. The summed E-state index contributed by atoms with van der Waals surface area (Å²) < 4.78 is 0. The zero-order valence-corrected chi connectivity index (χ0v) is 11.7. The van der Waals surface area contributed by atoms with E-state index in [1.807, 2.05) is 0 Å². The zero-order chi connectivity index (χ0) is 15.4. The summed E-state index contributed by atoms with van der Waals surface area (Å²) in [6, 6.07) is 4.24. The summed E-state index contributed by atoms with van der Waals surface area (Å²) in [5.41, 5.74) is 0.577. The fourth-order valence-electron chi connectivity index (χ4n) is 1.80. The van der Waals surface area contributed by atoms with Crippen molar-refractivity contribution >= 4 is 17.3 Å². The van der Waals surface area contributed by atoms with Gasteiger partial charge in [-0.2, -0.15) is 0 Å². The van der Waals surface area contributed by atoms with Gasteiger partial charge in [0.2, 0.25) is 0 Å². The summed E-state index contributed by atoms with van der Waals surface area (Å²) in [7, 11) is 3.25. The fourth-order valence-corrected chi connectivity index (χ4v) is 1.80. The second-order valence-electron chi connectivity index (χ2n) is 4.58. The Kier molecular flexibility index (Phi) is 4.17. The Bertz CT molecular complexity index is 652. The third-order valence-corrected chi connectivity index (χ3v) is 2.85. The molecular formula is C13H15N5O3. The first kappa shape index (κ1) is 14.5. The minimum absolute atomic E-state index is 0.0862. The summed E-state index contributed by atoms with van der Waals surface area (Å²) in [4.78, 5) is 30.8. The predicted octanol–water partition coefficient (Wildman–Crippen LogP) is 1.63. The molecule has 1 aromatic heterocycles. The van der Waals surface area contributed by atoms with Crippen LogP contribution in [0.4, 0.5) is 11.4 Å². The number of amides is 1. The van der Waals surface area contributed by atoms with E-state index in [0.717, 1.165) is 0 Å². The first-order valence-corrected chi connectivity index (χ1v) is 6.21. The molecule has 0 aliphatic rings. The number of benzene rings is 1. The molecule has 8 heteroatoms. The van der Waals surface area contributed by atoms with E-state index in [0.29, 0.717) is 17.9 Å². The van der Waals surface area contributed by atoms with Crippen LogP contribution in [-0.2, 0) is 6.54 Å². The number of aromatic amines is 1. The minimum atomic E-state index is -0.492. The molecule has 0 saturated carbocycles. The van der Waals surface area contributed by atoms with Crippen LogP contribution in [-0.4, -0.2) is 39.8 Å². The highest BCUT2D eigenvalue weighted by atomic mass is 16.6. The highest BCUT2D eigenvalue weighted by Gasteiger charge is 2.17. The van der Waals surface area contributed by atoms with Gasteiger partial charge in [0, 0.05) is 38.1 Å². The summed E-state index contributed by atoms with van der Waals surface area (Å²) in [6.45, 7) is 0.299. The largest absolute Gasteiger partial charge is 0.372 e. The molecule has 2 N–H and O–H groups in total. The van der Waals surface area contributed by atoms with Crippen LogP contribution < -0.4 is 5.32 Å². The van der Waals surface area contributed by atoms with Crippen molar-refractivity contribution in [3.63, 3.8) is 0 Å². The monoisotopic (exact) mass is 289 g/mol. The van der Waals surface area contributed by atoms with Gasteiger partial charge in [0.25, 0.3) is 11.6 Å². The number of nitro groups is 1. The molecule has 0 aliphatic heterocycles. The molecule has 0 unspecified atom stereocenters. The van der Waals surface area contributed by atoms with Gasteiger partial charge in [-0.1, -0.05) is 0 Å². The van der Waals surface area contributed by atoms with Crippen molar-refractivity contribution in [1.29, 1.82) is 0 Å². The maximum absolute atomic E-state index is 11.9. The third-order valence-electron chi connectivity index (χ3n) is 2.85. The Morgan fingerprint density at radius 2 is 2.24 bits per heavy atom. The number of carbonyl (C=O) groups excluding carboxylic acids is 1. The Labute approximate surface area is 121 Å². The van der Waals surface area contributed by atoms with Crippen LogP contribution in [0.25, 0.3) is 0 Å².